The fourth-order valence-corrected chi connectivity index (χ4v) is 5.60. The van der Waals surface area contributed by atoms with Crippen molar-refractivity contribution in [3.63, 3.8) is 0 Å². The van der Waals surface area contributed by atoms with Gasteiger partial charge in [0.2, 0.25) is 0 Å². The molecule has 1 N–H and O–H groups in total. The third-order valence-corrected chi connectivity index (χ3v) is 7.05. The van der Waals surface area contributed by atoms with E-state index in [4.69, 9.17) is 4.74 Å². The summed E-state index contributed by atoms with van der Waals surface area (Å²) in [6, 6.07) is 16.4. The number of nitrogens with one attached hydrogen (secondary N) is 1. The van der Waals surface area contributed by atoms with Crippen molar-refractivity contribution in [3.05, 3.63) is 53.6 Å². The molecule has 0 spiro atoms. The maximum Gasteiger partial charge on any atom is 0.0892 e. The summed E-state index contributed by atoms with van der Waals surface area (Å²) in [6.07, 6.45) is 9.78. The monoisotopic (exact) mass is 361 g/mol. The van der Waals surface area contributed by atoms with Gasteiger partial charge in [-0.25, -0.2) is 0 Å². The van der Waals surface area contributed by atoms with Gasteiger partial charge in [0.05, 0.1) is 6.10 Å². The van der Waals surface area contributed by atoms with Crippen LogP contribution in [0.3, 0.4) is 0 Å². The molecule has 0 amide bonds. The summed E-state index contributed by atoms with van der Waals surface area (Å²) in [5.41, 5.74) is 6.60. The maximum atomic E-state index is 6.40. The van der Waals surface area contributed by atoms with Crippen molar-refractivity contribution in [2.45, 2.75) is 64.0 Å². The second-order valence-electron chi connectivity index (χ2n) is 8.83. The van der Waals surface area contributed by atoms with E-state index in [0.29, 0.717) is 12.0 Å². The molecule has 27 heavy (non-hydrogen) atoms. The molecular formula is C25H31NO. The van der Waals surface area contributed by atoms with Gasteiger partial charge in [-0.05, 0) is 61.8 Å². The fraction of sp³-hybridized carbons (Fsp3) is 0.520. The Bertz CT molecular complexity index is 790. The van der Waals surface area contributed by atoms with Gasteiger partial charge in [0, 0.05) is 29.8 Å². The fourth-order valence-electron chi connectivity index (χ4n) is 5.60. The summed E-state index contributed by atoms with van der Waals surface area (Å²) < 4.78 is 6.40. The van der Waals surface area contributed by atoms with Crippen molar-refractivity contribution in [1.29, 1.82) is 0 Å². The van der Waals surface area contributed by atoms with Crippen LogP contribution in [0.1, 0.15) is 62.2 Å². The smallest absolute Gasteiger partial charge is 0.0892 e. The van der Waals surface area contributed by atoms with Gasteiger partial charge < -0.3 is 10.1 Å². The molecule has 2 nitrogen and oxygen atoms in total. The van der Waals surface area contributed by atoms with E-state index in [-0.39, 0.29) is 6.10 Å². The first kappa shape index (κ1) is 17.3. The van der Waals surface area contributed by atoms with Gasteiger partial charge in [-0.3, -0.25) is 0 Å². The topological polar surface area (TPSA) is 21.3 Å². The van der Waals surface area contributed by atoms with E-state index in [1.54, 1.807) is 0 Å². The average molecular weight is 362 g/mol. The zero-order chi connectivity index (χ0) is 18.2. The normalized spacial score (nSPS) is 28.1. The van der Waals surface area contributed by atoms with Crippen LogP contribution in [-0.4, -0.2) is 12.6 Å². The van der Waals surface area contributed by atoms with Crippen LogP contribution in [0.4, 0.5) is 5.69 Å². The van der Waals surface area contributed by atoms with Crippen LogP contribution in [0, 0.1) is 18.8 Å². The summed E-state index contributed by atoms with van der Waals surface area (Å²) in [7, 11) is 0. The molecule has 1 saturated heterocycles. The highest BCUT2D eigenvalue weighted by molar-refractivity contribution is 5.70. The van der Waals surface area contributed by atoms with Gasteiger partial charge in [-0.15, -0.1) is 0 Å². The number of rotatable bonds is 2. The minimum absolute atomic E-state index is 0.271. The molecule has 142 valence electrons. The van der Waals surface area contributed by atoms with Crippen LogP contribution in [0.5, 0.6) is 0 Å². The van der Waals surface area contributed by atoms with E-state index in [1.807, 2.05) is 0 Å². The molecule has 1 aliphatic carbocycles. The van der Waals surface area contributed by atoms with Gasteiger partial charge in [-0.1, -0.05) is 55.2 Å². The number of hydrogen-bond acceptors (Lipinski definition) is 2. The summed E-state index contributed by atoms with van der Waals surface area (Å²) in [6.45, 7) is 3.05. The molecule has 2 fully saturated rings. The van der Waals surface area contributed by atoms with Gasteiger partial charge in [0.25, 0.3) is 0 Å². The van der Waals surface area contributed by atoms with Gasteiger partial charge in [-0.2, -0.15) is 0 Å². The Hall–Kier alpha value is -1.80. The molecular weight excluding hydrogens is 330 g/mol. The molecule has 2 heteroatoms. The third kappa shape index (κ3) is 3.29. The van der Waals surface area contributed by atoms with Crippen LogP contribution < -0.4 is 5.32 Å². The second-order valence-corrected chi connectivity index (χ2v) is 8.83. The Balaban J connectivity index is 1.50. The summed E-state index contributed by atoms with van der Waals surface area (Å²) >= 11 is 0. The van der Waals surface area contributed by atoms with Crippen LogP contribution in [0.15, 0.2) is 42.5 Å². The highest BCUT2D eigenvalue weighted by atomic mass is 16.5. The molecule has 3 aliphatic rings. The van der Waals surface area contributed by atoms with E-state index in [1.165, 1.54) is 72.9 Å². The van der Waals surface area contributed by atoms with Crippen molar-refractivity contribution in [2.24, 2.45) is 11.8 Å². The second kappa shape index (κ2) is 7.31. The summed E-state index contributed by atoms with van der Waals surface area (Å²) in [4.78, 5) is 0. The first-order valence-electron chi connectivity index (χ1n) is 10.9. The molecule has 2 aromatic carbocycles. The molecule has 1 saturated carbocycles. The quantitative estimate of drug-likeness (QED) is 0.659. The number of benzene rings is 2. The first-order chi connectivity index (χ1) is 13.3. The summed E-state index contributed by atoms with van der Waals surface area (Å²) in [5, 5.41) is 3.97. The maximum absolute atomic E-state index is 6.40. The van der Waals surface area contributed by atoms with E-state index >= 15 is 0 Å². The van der Waals surface area contributed by atoms with E-state index in [9.17, 15) is 0 Å². The highest BCUT2D eigenvalue weighted by Crippen LogP contribution is 2.48. The minimum Gasteiger partial charge on any atom is -0.381 e. The average Bonchev–Trinajstić information content (AvgIpc) is 2.74. The predicted octanol–water partition coefficient (Wildman–Crippen LogP) is 6.50. The Kier molecular flexibility index (Phi) is 4.69. The van der Waals surface area contributed by atoms with Crippen LogP contribution in [-0.2, 0) is 4.74 Å². The number of anilines is 1. The lowest BCUT2D eigenvalue weighted by Crippen LogP contribution is -2.46. The van der Waals surface area contributed by atoms with Crippen LogP contribution >= 0.6 is 0 Å². The van der Waals surface area contributed by atoms with Crippen molar-refractivity contribution in [3.8, 4) is 11.1 Å². The zero-order valence-electron chi connectivity index (χ0n) is 16.4. The number of hydrogen-bond donors (Lipinski definition) is 1. The van der Waals surface area contributed by atoms with Crippen LogP contribution in [0.2, 0.25) is 0 Å². The van der Waals surface area contributed by atoms with Crippen molar-refractivity contribution in [1.82, 2.24) is 0 Å². The molecule has 2 heterocycles. The number of aryl methyl sites for hydroxylation is 1. The van der Waals surface area contributed by atoms with Crippen LogP contribution in [0.25, 0.3) is 11.1 Å². The lowest BCUT2D eigenvalue weighted by molar-refractivity contribution is -0.0457. The van der Waals surface area contributed by atoms with E-state index in [0.717, 1.165) is 12.5 Å². The number of ether oxygens (including phenoxy) is 1. The van der Waals surface area contributed by atoms with Crippen molar-refractivity contribution in [2.75, 3.05) is 11.9 Å². The van der Waals surface area contributed by atoms with E-state index in [2.05, 4.69) is 54.7 Å². The lowest BCUT2D eigenvalue weighted by Gasteiger charge is -2.47. The minimum atomic E-state index is 0.271. The standard InChI is InChI=1S/C25H31NO/c1-17-9-11-18(12-10-17)20-13-14-23-22(16-20)25-21(8-5-15-27-25)24(26-23)19-6-3-2-4-7-19/h9-14,16,19,21,24-26H,2-8,15H2,1H3/t21-,24+,25-/m0/s1. The van der Waals surface area contributed by atoms with Gasteiger partial charge in [0.15, 0.2) is 0 Å². The predicted molar refractivity (Wildman–Crippen MR) is 112 cm³/mol. The van der Waals surface area contributed by atoms with Crippen molar-refractivity contribution < 1.29 is 4.74 Å². The molecule has 0 aromatic heterocycles. The molecule has 5 rings (SSSR count). The van der Waals surface area contributed by atoms with Gasteiger partial charge in [0.1, 0.15) is 0 Å². The Morgan fingerprint density at radius 3 is 2.44 bits per heavy atom. The molecule has 2 aliphatic heterocycles. The Morgan fingerprint density at radius 2 is 1.63 bits per heavy atom. The summed E-state index contributed by atoms with van der Waals surface area (Å²) in [5.74, 6) is 1.44. The Morgan fingerprint density at radius 1 is 0.852 bits per heavy atom. The lowest BCUT2D eigenvalue weighted by atomic mass is 9.71. The SMILES string of the molecule is Cc1ccc(-c2ccc3c(c2)[C@H]2OCCC[C@H]2[C@@H](C2CCCCC2)N3)cc1. The van der Waals surface area contributed by atoms with Crippen molar-refractivity contribution >= 4 is 5.69 Å². The zero-order valence-corrected chi connectivity index (χ0v) is 16.4. The third-order valence-electron chi connectivity index (χ3n) is 7.05. The number of fused-ring (bicyclic) bond motifs is 3. The van der Waals surface area contributed by atoms with Gasteiger partial charge >= 0.3 is 0 Å². The largest absolute Gasteiger partial charge is 0.381 e. The Labute approximate surface area is 163 Å². The first-order valence-corrected chi connectivity index (χ1v) is 10.9. The molecule has 2 aromatic rings. The van der Waals surface area contributed by atoms with E-state index < -0.39 is 0 Å². The molecule has 3 atom stereocenters. The molecule has 0 bridgehead atoms. The molecule has 0 radical (unpaired) electrons. The highest BCUT2D eigenvalue weighted by Gasteiger charge is 2.42. The molecule has 0 unspecified atom stereocenters.